The highest BCUT2D eigenvalue weighted by molar-refractivity contribution is 5.75. The number of ether oxygens (including phenoxy) is 5. The van der Waals surface area contributed by atoms with Crippen LogP contribution in [0.4, 0.5) is 10.5 Å². The van der Waals surface area contributed by atoms with Crippen molar-refractivity contribution in [3.63, 3.8) is 0 Å². The van der Waals surface area contributed by atoms with Crippen molar-refractivity contribution >= 4 is 35.6 Å². The van der Waals surface area contributed by atoms with Gasteiger partial charge in [-0.3, -0.25) is 19.2 Å². The molecule has 0 aromatic heterocycles. The number of anilines is 1. The Labute approximate surface area is 200 Å². The second-order valence-electron chi connectivity index (χ2n) is 7.53. The average Bonchev–Trinajstić information content (AvgIpc) is 2.71. The number of para-hydroxylation sites is 2. The summed E-state index contributed by atoms with van der Waals surface area (Å²) < 4.78 is 26.3. The molecule has 2 amide bonds. The third-order valence-corrected chi connectivity index (χ3v) is 4.62. The molecule has 5 atom stereocenters. The summed E-state index contributed by atoms with van der Waals surface area (Å²) in [5, 5.41) is 16.6. The zero-order chi connectivity index (χ0) is 26.3. The van der Waals surface area contributed by atoms with E-state index in [1.807, 2.05) is 0 Å². The Bertz CT molecular complexity index is 985. The number of carbonyl (C=O) groups is 5. The summed E-state index contributed by atoms with van der Waals surface area (Å²) in [6.07, 6.45) is -7.27. The Morgan fingerprint density at radius 3 is 2.20 bits per heavy atom. The van der Waals surface area contributed by atoms with Crippen molar-refractivity contribution in [2.45, 2.75) is 58.0 Å². The molecule has 14 heteroatoms. The van der Waals surface area contributed by atoms with Crippen LogP contribution in [0, 0.1) is 0 Å². The minimum atomic E-state index is -2.54. The van der Waals surface area contributed by atoms with Crippen molar-refractivity contribution in [1.82, 2.24) is 5.32 Å². The van der Waals surface area contributed by atoms with Crippen LogP contribution in [0.1, 0.15) is 27.7 Å². The number of nitrogens with two attached hydrogens (primary N) is 1. The van der Waals surface area contributed by atoms with Gasteiger partial charge in [-0.25, -0.2) is 4.79 Å². The normalized spacial score (nSPS) is 25.5. The Hall–Kier alpha value is -3.91. The molecule has 0 unspecified atom stereocenters. The Morgan fingerprint density at radius 1 is 1.03 bits per heavy atom. The first-order valence-electron chi connectivity index (χ1n) is 10.3. The first-order valence-corrected chi connectivity index (χ1v) is 10.3. The van der Waals surface area contributed by atoms with Gasteiger partial charge in [0.15, 0.2) is 24.2 Å². The molecule has 1 aliphatic rings. The topological polar surface area (TPSA) is 202 Å². The lowest BCUT2D eigenvalue weighted by atomic mass is 9.91. The lowest BCUT2D eigenvalue weighted by Gasteiger charge is -2.50. The lowest BCUT2D eigenvalue weighted by molar-refractivity contribution is -0.284. The monoisotopic (exact) mass is 497 g/mol. The standard InChI is InChI=1S/C21H27N3O11/c1-10(25)24-21(30)18(33-13(4)28)17(32-12(3)27)16(9-31-11(2)26)34-19(21)23-14-7-5-6-8-15(14)35-20(22)29/h5-8,16-19,23,30H,9H2,1-4H3,(H2,22,29)(H,24,25)/t16-,17-,18+,19+,21-/m1/s1. The quantitative estimate of drug-likeness (QED) is 0.205. The fourth-order valence-electron chi connectivity index (χ4n) is 3.44. The van der Waals surface area contributed by atoms with Crippen LogP contribution in [0.2, 0.25) is 0 Å². The van der Waals surface area contributed by atoms with Crippen LogP contribution >= 0.6 is 0 Å². The maximum absolute atomic E-state index is 12.0. The van der Waals surface area contributed by atoms with Gasteiger partial charge < -0.3 is 45.2 Å². The maximum atomic E-state index is 12.0. The van der Waals surface area contributed by atoms with Gasteiger partial charge in [-0.15, -0.1) is 0 Å². The van der Waals surface area contributed by atoms with Gasteiger partial charge in [0.2, 0.25) is 11.6 Å². The molecule has 0 aliphatic carbocycles. The van der Waals surface area contributed by atoms with E-state index in [2.05, 4.69) is 10.6 Å². The predicted octanol–water partition coefficient (Wildman–Crippen LogP) is -0.468. The summed E-state index contributed by atoms with van der Waals surface area (Å²) in [5.74, 6) is -3.23. The fraction of sp³-hybridized carbons (Fsp3) is 0.476. The van der Waals surface area contributed by atoms with Gasteiger partial charge in [0.05, 0.1) is 5.69 Å². The number of amides is 2. The van der Waals surface area contributed by atoms with E-state index in [-0.39, 0.29) is 11.4 Å². The first-order chi connectivity index (χ1) is 16.3. The molecule has 1 fully saturated rings. The van der Waals surface area contributed by atoms with Gasteiger partial charge in [-0.05, 0) is 12.1 Å². The van der Waals surface area contributed by atoms with Crippen molar-refractivity contribution < 1.29 is 52.8 Å². The van der Waals surface area contributed by atoms with E-state index < -0.39 is 66.8 Å². The molecule has 35 heavy (non-hydrogen) atoms. The van der Waals surface area contributed by atoms with Gasteiger partial charge in [0, 0.05) is 27.7 Å². The minimum absolute atomic E-state index is 0.0588. The van der Waals surface area contributed by atoms with Gasteiger partial charge in [0.25, 0.3) is 0 Å². The molecule has 1 heterocycles. The SMILES string of the molecule is CC(=O)N[C@]1(O)[C@@H](Nc2ccccc2OC(N)=O)O[C@H](COC(C)=O)[C@@H](OC(C)=O)[C@@H]1OC(C)=O. The van der Waals surface area contributed by atoms with Gasteiger partial charge in [0.1, 0.15) is 12.7 Å². The molecule has 0 spiro atoms. The number of primary amides is 1. The van der Waals surface area contributed by atoms with Crippen LogP contribution in [0.25, 0.3) is 0 Å². The van der Waals surface area contributed by atoms with Crippen LogP contribution < -0.4 is 21.1 Å². The summed E-state index contributed by atoms with van der Waals surface area (Å²) in [4.78, 5) is 58.5. The van der Waals surface area contributed by atoms with E-state index in [1.165, 1.54) is 18.2 Å². The number of esters is 3. The van der Waals surface area contributed by atoms with E-state index in [0.29, 0.717) is 0 Å². The van der Waals surface area contributed by atoms with Gasteiger partial charge >= 0.3 is 24.0 Å². The van der Waals surface area contributed by atoms with Crippen molar-refractivity contribution in [2.75, 3.05) is 11.9 Å². The maximum Gasteiger partial charge on any atom is 0.410 e. The molecule has 192 valence electrons. The molecule has 1 aliphatic heterocycles. The molecule has 0 radical (unpaired) electrons. The molecule has 1 saturated heterocycles. The summed E-state index contributed by atoms with van der Waals surface area (Å²) in [6, 6.07) is 5.91. The number of hydrogen-bond donors (Lipinski definition) is 4. The molecule has 2 rings (SSSR count). The Kier molecular flexibility index (Phi) is 8.97. The second kappa shape index (κ2) is 11.5. The molecule has 1 aromatic rings. The summed E-state index contributed by atoms with van der Waals surface area (Å²) >= 11 is 0. The number of carbonyl (C=O) groups excluding carboxylic acids is 5. The van der Waals surface area contributed by atoms with E-state index >= 15 is 0 Å². The first kappa shape index (κ1) is 27.3. The smallest absolute Gasteiger partial charge is 0.410 e. The van der Waals surface area contributed by atoms with Gasteiger partial charge in [-0.1, -0.05) is 12.1 Å². The minimum Gasteiger partial charge on any atom is -0.463 e. The van der Waals surface area contributed by atoms with Crippen LogP contribution in [0.15, 0.2) is 24.3 Å². The molecular weight excluding hydrogens is 470 g/mol. The van der Waals surface area contributed by atoms with Crippen molar-refractivity contribution in [2.24, 2.45) is 5.73 Å². The summed E-state index contributed by atoms with van der Waals surface area (Å²) in [6.45, 7) is 3.84. The Balaban J connectivity index is 2.59. The van der Waals surface area contributed by atoms with E-state index in [4.69, 9.17) is 29.4 Å². The zero-order valence-corrected chi connectivity index (χ0v) is 19.4. The van der Waals surface area contributed by atoms with Crippen molar-refractivity contribution in [3.8, 4) is 5.75 Å². The van der Waals surface area contributed by atoms with Crippen LogP contribution in [0.5, 0.6) is 5.75 Å². The fourth-order valence-corrected chi connectivity index (χ4v) is 3.44. The molecule has 14 nitrogen and oxygen atoms in total. The van der Waals surface area contributed by atoms with Crippen molar-refractivity contribution in [1.29, 1.82) is 0 Å². The number of rotatable bonds is 8. The number of hydrogen-bond acceptors (Lipinski definition) is 12. The Morgan fingerprint density at radius 2 is 1.66 bits per heavy atom. The molecule has 1 aromatic carbocycles. The summed E-state index contributed by atoms with van der Waals surface area (Å²) in [7, 11) is 0. The van der Waals surface area contributed by atoms with Crippen LogP contribution in [-0.4, -0.2) is 71.9 Å². The average molecular weight is 497 g/mol. The third-order valence-electron chi connectivity index (χ3n) is 4.62. The van der Waals surface area contributed by atoms with Gasteiger partial charge in [-0.2, -0.15) is 0 Å². The highest BCUT2D eigenvalue weighted by Crippen LogP contribution is 2.35. The van der Waals surface area contributed by atoms with Crippen LogP contribution in [-0.2, 0) is 38.1 Å². The molecule has 5 N–H and O–H groups in total. The highest BCUT2D eigenvalue weighted by Gasteiger charge is 2.60. The lowest BCUT2D eigenvalue weighted by Crippen LogP contribution is -2.76. The van der Waals surface area contributed by atoms with E-state index in [0.717, 1.165) is 27.7 Å². The third kappa shape index (κ3) is 7.28. The molecule has 0 saturated carbocycles. The number of aliphatic hydroxyl groups is 1. The molecular formula is C21H27N3O11. The zero-order valence-electron chi connectivity index (χ0n) is 19.4. The highest BCUT2D eigenvalue weighted by atomic mass is 16.6. The number of nitrogens with one attached hydrogen (secondary N) is 2. The van der Waals surface area contributed by atoms with Crippen LogP contribution in [0.3, 0.4) is 0 Å². The largest absolute Gasteiger partial charge is 0.463 e. The predicted molar refractivity (Wildman–Crippen MR) is 115 cm³/mol. The molecule has 0 bridgehead atoms. The van der Waals surface area contributed by atoms with Crippen molar-refractivity contribution in [3.05, 3.63) is 24.3 Å². The van der Waals surface area contributed by atoms with E-state index in [9.17, 15) is 29.1 Å². The van der Waals surface area contributed by atoms with E-state index in [1.54, 1.807) is 6.07 Å². The summed E-state index contributed by atoms with van der Waals surface area (Å²) in [5.41, 5.74) is 2.64. The number of benzene rings is 1. The second-order valence-corrected chi connectivity index (χ2v) is 7.53.